The monoisotopic (exact) mass is 550 g/mol. The van der Waals surface area contributed by atoms with Crippen LogP contribution in [0.5, 0.6) is 0 Å². The van der Waals surface area contributed by atoms with E-state index in [9.17, 15) is 23.1 Å². The largest absolute Gasteiger partial charge is 0.478 e. The third-order valence-electron chi connectivity index (χ3n) is 5.70. The van der Waals surface area contributed by atoms with E-state index in [0.29, 0.717) is 23.0 Å². The van der Waals surface area contributed by atoms with Crippen molar-refractivity contribution in [1.82, 2.24) is 14.8 Å². The zero-order valence-corrected chi connectivity index (χ0v) is 22.4. The lowest BCUT2D eigenvalue weighted by Crippen LogP contribution is -2.25. The van der Waals surface area contributed by atoms with E-state index in [-0.39, 0.29) is 27.9 Å². The van der Waals surface area contributed by atoms with E-state index in [0.717, 1.165) is 17.3 Å². The first-order valence-corrected chi connectivity index (χ1v) is 14.3. The van der Waals surface area contributed by atoms with Gasteiger partial charge in [0.2, 0.25) is 5.91 Å². The molecule has 9 nitrogen and oxygen atoms in total. The molecule has 1 aromatic heterocycles. The van der Waals surface area contributed by atoms with Gasteiger partial charge in [0.05, 0.1) is 15.7 Å². The lowest BCUT2D eigenvalue weighted by atomic mass is 10.2. The van der Waals surface area contributed by atoms with Crippen LogP contribution in [0.3, 0.4) is 0 Å². The van der Waals surface area contributed by atoms with Crippen molar-refractivity contribution in [3.05, 3.63) is 95.8 Å². The van der Waals surface area contributed by atoms with Gasteiger partial charge in [0.25, 0.3) is 0 Å². The lowest BCUT2D eigenvalue weighted by Gasteiger charge is -2.16. The van der Waals surface area contributed by atoms with Gasteiger partial charge in [-0.15, -0.1) is 10.2 Å². The number of thioether (sulfide) groups is 1. The number of carbonyl (C=O) groups is 2. The second-order valence-electron chi connectivity index (χ2n) is 8.53. The van der Waals surface area contributed by atoms with Crippen molar-refractivity contribution in [1.29, 1.82) is 0 Å². The van der Waals surface area contributed by atoms with Crippen molar-refractivity contribution in [2.24, 2.45) is 0 Å². The van der Waals surface area contributed by atoms with Crippen LogP contribution in [0.1, 0.15) is 35.1 Å². The lowest BCUT2D eigenvalue weighted by molar-refractivity contribution is -0.115. The minimum absolute atomic E-state index is 0.0618. The predicted molar refractivity (Wildman–Crippen MR) is 145 cm³/mol. The summed E-state index contributed by atoms with van der Waals surface area (Å²) < 4.78 is 28.0. The van der Waals surface area contributed by atoms with E-state index in [1.807, 2.05) is 44.2 Å². The molecule has 0 fully saturated rings. The van der Waals surface area contributed by atoms with E-state index in [4.69, 9.17) is 0 Å². The second-order valence-corrected chi connectivity index (χ2v) is 11.7. The fourth-order valence-electron chi connectivity index (χ4n) is 3.71. The summed E-state index contributed by atoms with van der Waals surface area (Å²) in [6.07, 6.45) is 0.438. The topological polar surface area (TPSA) is 131 Å². The third kappa shape index (κ3) is 6.29. The van der Waals surface area contributed by atoms with Gasteiger partial charge in [-0.25, -0.2) is 13.2 Å². The number of hydrogen-bond donors (Lipinski definition) is 2. The summed E-state index contributed by atoms with van der Waals surface area (Å²) in [5.74, 6) is -1.57. The Hall–Kier alpha value is -3.96. The number of aryl methyl sites for hydroxylation is 1. The molecule has 0 aliphatic rings. The van der Waals surface area contributed by atoms with Gasteiger partial charge in [-0.3, -0.25) is 9.36 Å². The number of aromatic carboxylic acids is 1. The van der Waals surface area contributed by atoms with Crippen molar-refractivity contribution >= 4 is 39.2 Å². The summed E-state index contributed by atoms with van der Waals surface area (Å²) in [6.45, 7) is 3.73. The average molecular weight is 551 g/mol. The Kier molecular flexibility index (Phi) is 8.28. The van der Waals surface area contributed by atoms with Crippen LogP contribution >= 0.6 is 11.8 Å². The SMILES string of the molecule is CCC(Sc1nnc(CS(=O)(=O)c2ccc(C)cc2)n1-c1ccccc1)C(=O)Nc1cccc(C(=O)O)c1. The number of nitrogens with one attached hydrogen (secondary N) is 1. The summed E-state index contributed by atoms with van der Waals surface area (Å²) >= 11 is 1.16. The molecular formula is C27H26N4O5S2. The third-order valence-corrected chi connectivity index (χ3v) is 8.64. The molecule has 0 bridgehead atoms. The Morgan fingerprint density at radius 3 is 2.37 bits per heavy atom. The summed E-state index contributed by atoms with van der Waals surface area (Å²) in [7, 11) is -3.71. The van der Waals surface area contributed by atoms with Crippen molar-refractivity contribution in [3.63, 3.8) is 0 Å². The summed E-state index contributed by atoms with van der Waals surface area (Å²) in [5, 5.41) is 20.2. The van der Waals surface area contributed by atoms with Gasteiger partial charge in [0, 0.05) is 11.4 Å². The minimum atomic E-state index is -3.71. The fraction of sp³-hybridized carbons (Fsp3) is 0.185. The molecule has 1 unspecified atom stereocenters. The maximum absolute atomic E-state index is 13.2. The molecule has 196 valence electrons. The van der Waals surface area contributed by atoms with E-state index in [1.54, 1.807) is 41.0 Å². The van der Waals surface area contributed by atoms with Gasteiger partial charge in [-0.2, -0.15) is 0 Å². The maximum Gasteiger partial charge on any atom is 0.335 e. The number of anilines is 1. The van der Waals surface area contributed by atoms with Crippen LogP contribution in [0.15, 0.2) is 88.9 Å². The van der Waals surface area contributed by atoms with Gasteiger partial charge in [0.15, 0.2) is 20.8 Å². The molecule has 3 aromatic carbocycles. The highest BCUT2D eigenvalue weighted by Crippen LogP contribution is 2.30. The summed E-state index contributed by atoms with van der Waals surface area (Å²) in [6, 6.07) is 21.7. The van der Waals surface area contributed by atoms with Gasteiger partial charge >= 0.3 is 5.97 Å². The van der Waals surface area contributed by atoms with Crippen LogP contribution in [-0.4, -0.2) is 45.4 Å². The van der Waals surface area contributed by atoms with Crippen LogP contribution in [0.25, 0.3) is 5.69 Å². The number of para-hydroxylation sites is 1. The number of aromatic nitrogens is 3. The highest BCUT2D eigenvalue weighted by molar-refractivity contribution is 8.00. The Morgan fingerprint density at radius 1 is 1.00 bits per heavy atom. The maximum atomic E-state index is 13.2. The molecule has 1 atom stereocenters. The molecule has 4 rings (SSSR count). The summed E-state index contributed by atoms with van der Waals surface area (Å²) in [5.41, 5.74) is 2.04. The first-order chi connectivity index (χ1) is 18.2. The molecular weight excluding hydrogens is 524 g/mol. The number of sulfone groups is 1. The smallest absolute Gasteiger partial charge is 0.335 e. The van der Waals surface area contributed by atoms with E-state index >= 15 is 0 Å². The molecule has 38 heavy (non-hydrogen) atoms. The standard InChI is InChI=1S/C27H26N4O5S2/c1-3-23(25(32)28-20-9-7-8-19(16-20)26(33)34)37-27-30-29-24(31(27)21-10-5-4-6-11-21)17-38(35,36)22-14-12-18(2)13-15-22/h4-16,23H,3,17H2,1-2H3,(H,28,32)(H,33,34). The van der Waals surface area contributed by atoms with Gasteiger partial charge in [-0.1, -0.05) is 60.6 Å². The molecule has 1 amide bonds. The van der Waals surface area contributed by atoms with E-state index in [1.165, 1.54) is 12.1 Å². The van der Waals surface area contributed by atoms with Crippen LogP contribution < -0.4 is 5.32 Å². The molecule has 11 heteroatoms. The number of benzene rings is 3. The number of amides is 1. The number of carboxylic acids is 1. The normalized spacial score (nSPS) is 12.2. The zero-order valence-electron chi connectivity index (χ0n) is 20.7. The number of carboxylic acid groups (broad SMARTS) is 1. The number of carbonyl (C=O) groups excluding carboxylic acids is 1. The Balaban J connectivity index is 1.63. The molecule has 0 aliphatic heterocycles. The first kappa shape index (κ1) is 27.1. The van der Waals surface area contributed by atoms with Gasteiger partial charge < -0.3 is 10.4 Å². The minimum Gasteiger partial charge on any atom is -0.478 e. The van der Waals surface area contributed by atoms with E-state index in [2.05, 4.69) is 15.5 Å². The Labute approximate surface area is 224 Å². The first-order valence-electron chi connectivity index (χ1n) is 11.8. The predicted octanol–water partition coefficient (Wildman–Crippen LogP) is 4.76. The molecule has 0 radical (unpaired) electrons. The molecule has 0 saturated carbocycles. The van der Waals surface area contributed by atoms with Crippen molar-refractivity contribution < 1.29 is 23.1 Å². The van der Waals surface area contributed by atoms with Crippen LogP contribution in [0.4, 0.5) is 5.69 Å². The quantitative estimate of drug-likeness (QED) is 0.270. The zero-order chi connectivity index (χ0) is 27.3. The molecule has 2 N–H and O–H groups in total. The molecule has 0 spiro atoms. The molecule has 0 saturated heterocycles. The van der Waals surface area contributed by atoms with Crippen molar-refractivity contribution in [2.75, 3.05) is 5.32 Å². The van der Waals surface area contributed by atoms with Gasteiger partial charge in [0.1, 0.15) is 5.75 Å². The average Bonchev–Trinajstić information content (AvgIpc) is 3.29. The van der Waals surface area contributed by atoms with Crippen molar-refractivity contribution in [3.8, 4) is 5.69 Å². The van der Waals surface area contributed by atoms with Crippen LogP contribution in [0, 0.1) is 6.92 Å². The molecule has 0 aliphatic carbocycles. The fourth-order valence-corrected chi connectivity index (χ4v) is 5.94. The van der Waals surface area contributed by atoms with Gasteiger partial charge in [-0.05, 0) is 55.8 Å². The van der Waals surface area contributed by atoms with Crippen LogP contribution in [-0.2, 0) is 20.4 Å². The van der Waals surface area contributed by atoms with Crippen molar-refractivity contribution in [2.45, 2.75) is 41.3 Å². The second kappa shape index (κ2) is 11.6. The molecule has 4 aromatic rings. The van der Waals surface area contributed by atoms with Crippen LogP contribution in [0.2, 0.25) is 0 Å². The Morgan fingerprint density at radius 2 is 1.71 bits per heavy atom. The highest BCUT2D eigenvalue weighted by Gasteiger charge is 2.26. The highest BCUT2D eigenvalue weighted by atomic mass is 32.2. The number of hydrogen-bond acceptors (Lipinski definition) is 7. The number of rotatable bonds is 10. The Bertz CT molecular complexity index is 1550. The number of nitrogens with zero attached hydrogens (tertiary/aromatic N) is 3. The van der Waals surface area contributed by atoms with E-state index < -0.39 is 21.1 Å². The molecule has 1 heterocycles. The summed E-state index contributed by atoms with van der Waals surface area (Å²) in [4.78, 5) is 24.6.